The van der Waals surface area contributed by atoms with Crippen molar-refractivity contribution >= 4 is 0 Å². The maximum absolute atomic E-state index is 4.58. The van der Waals surface area contributed by atoms with Gasteiger partial charge in [0, 0.05) is 49.7 Å². The van der Waals surface area contributed by atoms with Gasteiger partial charge >= 0.3 is 0 Å². The van der Waals surface area contributed by atoms with Crippen LogP contribution >= 0.6 is 0 Å². The minimum Gasteiger partial charge on any atom is -0.312 e. The fourth-order valence-electron chi connectivity index (χ4n) is 2.32. The molecule has 0 fully saturated rings. The second-order valence-corrected chi connectivity index (χ2v) is 6.23. The fourth-order valence-corrected chi connectivity index (χ4v) is 2.32. The summed E-state index contributed by atoms with van der Waals surface area (Å²) in [6, 6.07) is 1.96. The van der Waals surface area contributed by atoms with Crippen molar-refractivity contribution in [3.05, 3.63) is 35.9 Å². The van der Waals surface area contributed by atoms with E-state index in [4.69, 9.17) is 0 Å². The van der Waals surface area contributed by atoms with Crippen LogP contribution in [0.25, 0.3) is 0 Å². The molecule has 0 bridgehead atoms. The van der Waals surface area contributed by atoms with Gasteiger partial charge in [0.2, 0.25) is 0 Å². The summed E-state index contributed by atoms with van der Waals surface area (Å²) in [5.74, 6) is 0. The summed E-state index contributed by atoms with van der Waals surface area (Å²) in [6.45, 7) is 9.43. The molecule has 2 rings (SSSR count). The molecule has 0 radical (unpaired) electrons. The van der Waals surface area contributed by atoms with Gasteiger partial charge in [-0.25, -0.2) is 0 Å². The molecule has 5 heteroatoms. The molecule has 0 aliphatic carbocycles. The first kappa shape index (κ1) is 14.8. The van der Waals surface area contributed by atoms with E-state index in [1.165, 1.54) is 11.3 Å². The number of rotatable bonds is 6. The number of aromatic nitrogens is 4. The van der Waals surface area contributed by atoms with Crippen LogP contribution in [0.2, 0.25) is 0 Å². The predicted octanol–water partition coefficient (Wildman–Crippen LogP) is 2.09. The Bertz CT molecular complexity index is 519. The Morgan fingerprint density at radius 2 is 2.10 bits per heavy atom. The topological polar surface area (TPSA) is 47.7 Å². The molecule has 0 atom stereocenters. The van der Waals surface area contributed by atoms with E-state index in [1.54, 1.807) is 0 Å². The molecule has 0 aliphatic rings. The quantitative estimate of drug-likeness (QED) is 0.821. The van der Waals surface area contributed by atoms with Crippen LogP contribution < -0.4 is 5.32 Å². The van der Waals surface area contributed by atoms with Crippen LogP contribution in [0.1, 0.15) is 38.4 Å². The van der Waals surface area contributed by atoms with Gasteiger partial charge in [-0.1, -0.05) is 20.8 Å². The van der Waals surface area contributed by atoms with Gasteiger partial charge in [-0.2, -0.15) is 10.2 Å². The zero-order chi connectivity index (χ0) is 14.6. The molecule has 2 aromatic rings. The minimum absolute atomic E-state index is 0.0906. The van der Waals surface area contributed by atoms with E-state index in [-0.39, 0.29) is 5.41 Å². The van der Waals surface area contributed by atoms with E-state index in [9.17, 15) is 0 Å². The van der Waals surface area contributed by atoms with Crippen LogP contribution in [0.15, 0.2) is 24.7 Å². The first-order chi connectivity index (χ1) is 9.47. The van der Waals surface area contributed by atoms with Gasteiger partial charge in [0.25, 0.3) is 0 Å². The van der Waals surface area contributed by atoms with E-state index >= 15 is 0 Å². The van der Waals surface area contributed by atoms with E-state index in [2.05, 4.69) is 42.5 Å². The van der Waals surface area contributed by atoms with E-state index < -0.39 is 0 Å². The lowest BCUT2D eigenvalue weighted by Gasteiger charge is -2.17. The lowest BCUT2D eigenvalue weighted by molar-refractivity contribution is 0.529. The SMILES string of the molecule is Cn1cc(CNCCCn2cccn2)c(C(C)(C)C)n1. The summed E-state index contributed by atoms with van der Waals surface area (Å²) in [6.07, 6.45) is 7.01. The van der Waals surface area contributed by atoms with Crippen molar-refractivity contribution in [1.82, 2.24) is 24.9 Å². The summed E-state index contributed by atoms with van der Waals surface area (Å²) in [5, 5.41) is 12.3. The van der Waals surface area contributed by atoms with Gasteiger partial charge in [0.15, 0.2) is 0 Å². The Morgan fingerprint density at radius 3 is 2.75 bits per heavy atom. The molecule has 2 heterocycles. The van der Waals surface area contributed by atoms with Crippen LogP contribution in [-0.4, -0.2) is 26.1 Å². The number of hydrogen-bond donors (Lipinski definition) is 1. The van der Waals surface area contributed by atoms with Crippen LogP contribution in [0, 0.1) is 0 Å². The highest BCUT2D eigenvalue weighted by atomic mass is 15.3. The van der Waals surface area contributed by atoms with Crippen molar-refractivity contribution in [2.45, 2.75) is 45.7 Å². The van der Waals surface area contributed by atoms with Crippen molar-refractivity contribution in [2.24, 2.45) is 7.05 Å². The van der Waals surface area contributed by atoms with Crippen molar-refractivity contribution < 1.29 is 0 Å². The van der Waals surface area contributed by atoms with Gasteiger partial charge in [0.05, 0.1) is 5.69 Å². The lowest BCUT2D eigenvalue weighted by Crippen LogP contribution is -2.20. The molecular formula is C15H25N5. The first-order valence-electron chi connectivity index (χ1n) is 7.18. The largest absolute Gasteiger partial charge is 0.312 e. The molecule has 110 valence electrons. The smallest absolute Gasteiger partial charge is 0.0722 e. The standard InChI is InChI=1S/C15H25N5/c1-15(2,3)14-13(12-19(4)18-14)11-16-7-5-9-20-10-6-8-17-20/h6,8,10,12,16H,5,7,9,11H2,1-4H3. The average Bonchev–Trinajstić information content (AvgIpc) is 2.97. The zero-order valence-corrected chi connectivity index (χ0v) is 12.9. The Hall–Kier alpha value is -1.62. The monoisotopic (exact) mass is 275 g/mol. The highest BCUT2D eigenvalue weighted by Gasteiger charge is 2.21. The molecule has 2 aromatic heterocycles. The van der Waals surface area contributed by atoms with Crippen LogP contribution in [0.5, 0.6) is 0 Å². The molecule has 0 aliphatic heterocycles. The van der Waals surface area contributed by atoms with Crippen molar-refractivity contribution in [2.75, 3.05) is 6.54 Å². The predicted molar refractivity (Wildman–Crippen MR) is 80.5 cm³/mol. The summed E-state index contributed by atoms with van der Waals surface area (Å²) in [4.78, 5) is 0. The number of nitrogens with one attached hydrogen (secondary N) is 1. The van der Waals surface area contributed by atoms with E-state index in [1.807, 2.05) is 34.9 Å². The van der Waals surface area contributed by atoms with Crippen molar-refractivity contribution in [1.29, 1.82) is 0 Å². The Morgan fingerprint density at radius 1 is 1.30 bits per heavy atom. The van der Waals surface area contributed by atoms with Gasteiger partial charge in [0.1, 0.15) is 0 Å². The first-order valence-corrected chi connectivity index (χ1v) is 7.18. The molecule has 1 N–H and O–H groups in total. The minimum atomic E-state index is 0.0906. The summed E-state index contributed by atoms with van der Waals surface area (Å²) in [7, 11) is 1.98. The third-order valence-corrected chi connectivity index (χ3v) is 3.23. The zero-order valence-electron chi connectivity index (χ0n) is 12.9. The maximum Gasteiger partial charge on any atom is 0.0722 e. The Balaban J connectivity index is 1.79. The van der Waals surface area contributed by atoms with E-state index in [0.29, 0.717) is 0 Å². The maximum atomic E-state index is 4.58. The molecule has 0 unspecified atom stereocenters. The molecule has 5 nitrogen and oxygen atoms in total. The van der Waals surface area contributed by atoms with E-state index in [0.717, 1.165) is 26.1 Å². The third kappa shape index (κ3) is 3.93. The lowest BCUT2D eigenvalue weighted by atomic mass is 9.89. The fraction of sp³-hybridized carbons (Fsp3) is 0.600. The number of nitrogens with zero attached hydrogens (tertiary/aromatic N) is 4. The van der Waals surface area contributed by atoms with Gasteiger partial charge < -0.3 is 5.32 Å². The average molecular weight is 275 g/mol. The van der Waals surface area contributed by atoms with Crippen molar-refractivity contribution in [3.63, 3.8) is 0 Å². The number of hydrogen-bond acceptors (Lipinski definition) is 3. The molecule has 0 amide bonds. The molecule has 0 saturated carbocycles. The van der Waals surface area contributed by atoms with Gasteiger partial charge in [-0.05, 0) is 19.0 Å². The second kappa shape index (κ2) is 6.22. The van der Waals surface area contributed by atoms with Gasteiger partial charge in [-0.15, -0.1) is 0 Å². The molecular weight excluding hydrogens is 250 g/mol. The molecule has 0 aromatic carbocycles. The molecule has 0 spiro atoms. The van der Waals surface area contributed by atoms with Crippen LogP contribution in [-0.2, 0) is 25.6 Å². The van der Waals surface area contributed by atoms with Gasteiger partial charge in [-0.3, -0.25) is 9.36 Å². The number of aryl methyl sites for hydroxylation is 2. The summed E-state index contributed by atoms with van der Waals surface area (Å²) >= 11 is 0. The summed E-state index contributed by atoms with van der Waals surface area (Å²) in [5.41, 5.74) is 2.56. The highest BCUT2D eigenvalue weighted by Crippen LogP contribution is 2.23. The molecule has 20 heavy (non-hydrogen) atoms. The van der Waals surface area contributed by atoms with Crippen LogP contribution in [0.3, 0.4) is 0 Å². The Labute approximate surface area is 121 Å². The second-order valence-electron chi connectivity index (χ2n) is 6.23. The Kier molecular flexibility index (Phi) is 4.60. The third-order valence-electron chi connectivity index (χ3n) is 3.23. The van der Waals surface area contributed by atoms with Crippen LogP contribution in [0.4, 0.5) is 0 Å². The van der Waals surface area contributed by atoms with Crippen molar-refractivity contribution in [3.8, 4) is 0 Å². The molecule has 0 saturated heterocycles. The highest BCUT2D eigenvalue weighted by molar-refractivity contribution is 5.23. The summed E-state index contributed by atoms with van der Waals surface area (Å²) < 4.78 is 3.87. The normalized spacial score (nSPS) is 12.0.